The third kappa shape index (κ3) is 2.74. The summed E-state index contributed by atoms with van der Waals surface area (Å²) in [7, 11) is 3.32. The van der Waals surface area contributed by atoms with Crippen molar-refractivity contribution >= 4 is 5.69 Å². The van der Waals surface area contributed by atoms with E-state index in [4.69, 9.17) is 15.2 Å². The van der Waals surface area contributed by atoms with Crippen molar-refractivity contribution in [2.24, 2.45) is 0 Å². The van der Waals surface area contributed by atoms with Crippen LogP contribution in [0.1, 0.15) is 11.1 Å². The van der Waals surface area contributed by atoms with Crippen molar-refractivity contribution in [1.29, 1.82) is 0 Å². The van der Waals surface area contributed by atoms with E-state index < -0.39 is 0 Å². The predicted molar refractivity (Wildman–Crippen MR) is 73.2 cm³/mol. The quantitative estimate of drug-likeness (QED) is 0.840. The SMILES string of the molecule is COc1ccc(Cc2ccc(N)cc2)c(OC)c1. The highest BCUT2D eigenvalue weighted by Gasteiger charge is 2.05. The van der Waals surface area contributed by atoms with E-state index in [1.165, 1.54) is 5.56 Å². The van der Waals surface area contributed by atoms with Gasteiger partial charge in [-0.05, 0) is 29.3 Å². The van der Waals surface area contributed by atoms with Gasteiger partial charge in [-0.3, -0.25) is 0 Å². The highest BCUT2D eigenvalue weighted by Crippen LogP contribution is 2.26. The minimum Gasteiger partial charge on any atom is -0.497 e. The van der Waals surface area contributed by atoms with Crippen LogP contribution in [-0.4, -0.2) is 14.2 Å². The van der Waals surface area contributed by atoms with Gasteiger partial charge < -0.3 is 15.2 Å². The first-order valence-electron chi connectivity index (χ1n) is 5.78. The number of benzene rings is 2. The summed E-state index contributed by atoms with van der Waals surface area (Å²) in [6.07, 6.45) is 0.813. The molecule has 0 heterocycles. The second-order valence-corrected chi connectivity index (χ2v) is 4.10. The fourth-order valence-electron chi connectivity index (χ4n) is 1.85. The molecule has 0 aliphatic carbocycles. The molecule has 0 atom stereocenters. The molecule has 0 aliphatic rings. The number of anilines is 1. The van der Waals surface area contributed by atoms with Crippen LogP contribution in [0, 0.1) is 0 Å². The molecule has 0 spiro atoms. The van der Waals surface area contributed by atoms with E-state index in [0.717, 1.165) is 29.2 Å². The Kier molecular flexibility index (Phi) is 3.72. The Morgan fingerprint density at radius 2 is 1.67 bits per heavy atom. The van der Waals surface area contributed by atoms with Crippen LogP contribution in [-0.2, 0) is 6.42 Å². The first-order valence-corrected chi connectivity index (χ1v) is 5.78. The molecule has 0 bridgehead atoms. The summed E-state index contributed by atoms with van der Waals surface area (Å²) in [5.74, 6) is 1.64. The van der Waals surface area contributed by atoms with Gasteiger partial charge in [-0.25, -0.2) is 0 Å². The van der Waals surface area contributed by atoms with E-state index in [2.05, 4.69) is 0 Å². The highest BCUT2D eigenvalue weighted by molar-refractivity contribution is 5.45. The van der Waals surface area contributed by atoms with E-state index >= 15 is 0 Å². The summed E-state index contributed by atoms with van der Waals surface area (Å²) in [6, 6.07) is 13.7. The lowest BCUT2D eigenvalue weighted by molar-refractivity contribution is 0.391. The minimum atomic E-state index is 0.778. The summed E-state index contributed by atoms with van der Waals surface area (Å²) >= 11 is 0. The minimum absolute atomic E-state index is 0.778. The molecule has 0 aromatic heterocycles. The Labute approximate surface area is 107 Å². The van der Waals surface area contributed by atoms with Crippen molar-refractivity contribution in [1.82, 2.24) is 0 Å². The zero-order chi connectivity index (χ0) is 13.0. The van der Waals surface area contributed by atoms with Gasteiger partial charge in [-0.1, -0.05) is 18.2 Å². The van der Waals surface area contributed by atoms with Gasteiger partial charge in [-0.15, -0.1) is 0 Å². The van der Waals surface area contributed by atoms with Crippen LogP contribution in [0.4, 0.5) is 5.69 Å². The maximum Gasteiger partial charge on any atom is 0.126 e. The van der Waals surface area contributed by atoms with Gasteiger partial charge in [0, 0.05) is 18.2 Å². The number of hydrogen-bond donors (Lipinski definition) is 1. The summed E-state index contributed by atoms with van der Waals surface area (Å²) in [5.41, 5.74) is 8.78. The van der Waals surface area contributed by atoms with Crippen LogP contribution in [0.5, 0.6) is 11.5 Å². The number of rotatable bonds is 4. The third-order valence-electron chi connectivity index (χ3n) is 2.87. The molecule has 2 rings (SSSR count). The van der Waals surface area contributed by atoms with E-state index in [1.807, 2.05) is 42.5 Å². The smallest absolute Gasteiger partial charge is 0.126 e. The van der Waals surface area contributed by atoms with E-state index in [-0.39, 0.29) is 0 Å². The lowest BCUT2D eigenvalue weighted by atomic mass is 10.0. The van der Waals surface area contributed by atoms with Crippen LogP contribution in [0.25, 0.3) is 0 Å². The Bertz CT molecular complexity index is 521. The number of ether oxygens (including phenoxy) is 2. The van der Waals surface area contributed by atoms with Gasteiger partial charge in [0.1, 0.15) is 11.5 Å². The first-order chi connectivity index (χ1) is 8.72. The number of hydrogen-bond acceptors (Lipinski definition) is 3. The molecule has 0 saturated heterocycles. The van der Waals surface area contributed by atoms with Crippen molar-refractivity contribution in [2.45, 2.75) is 6.42 Å². The van der Waals surface area contributed by atoms with Crippen LogP contribution in [0.3, 0.4) is 0 Å². The van der Waals surface area contributed by atoms with E-state index in [1.54, 1.807) is 14.2 Å². The average Bonchev–Trinajstić information content (AvgIpc) is 2.41. The molecule has 0 aliphatic heterocycles. The Morgan fingerprint density at radius 1 is 0.944 bits per heavy atom. The maximum absolute atomic E-state index is 5.67. The molecule has 2 N–H and O–H groups in total. The summed E-state index contributed by atoms with van der Waals surface area (Å²) in [6.45, 7) is 0. The molecule has 2 aromatic carbocycles. The summed E-state index contributed by atoms with van der Waals surface area (Å²) in [5, 5.41) is 0. The standard InChI is InChI=1S/C15H17NO2/c1-17-14-8-5-12(15(10-14)18-2)9-11-3-6-13(16)7-4-11/h3-8,10H,9,16H2,1-2H3. The second kappa shape index (κ2) is 5.45. The fraction of sp³-hybridized carbons (Fsp3) is 0.200. The topological polar surface area (TPSA) is 44.5 Å². The molecule has 0 unspecified atom stereocenters. The van der Waals surface area contributed by atoms with Gasteiger partial charge in [-0.2, -0.15) is 0 Å². The second-order valence-electron chi connectivity index (χ2n) is 4.10. The monoisotopic (exact) mass is 243 g/mol. The van der Waals surface area contributed by atoms with Gasteiger partial charge in [0.25, 0.3) is 0 Å². The molecule has 2 aromatic rings. The molecular formula is C15H17NO2. The van der Waals surface area contributed by atoms with Crippen LogP contribution in [0.15, 0.2) is 42.5 Å². The van der Waals surface area contributed by atoms with Gasteiger partial charge in [0.2, 0.25) is 0 Å². The van der Waals surface area contributed by atoms with Gasteiger partial charge >= 0.3 is 0 Å². The molecule has 3 heteroatoms. The molecule has 94 valence electrons. The summed E-state index contributed by atoms with van der Waals surface area (Å²) < 4.78 is 10.6. The lowest BCUT2D eigenvalue weighted by Gasteiger charge is -2.10. The molecule has 18 heavy (non-hydrogen) atoms. The lowest BCUT2D eigenvalue weighted by Crippen LogP contribution is -1.95. The highest BCUT2D eigenvalue weighted by atomic mass is 16.5. The Balaban J connectivity index is 2.25. The maximum atomic E-state index is 5.67. The van der Waals surface area contributed by atoms with Crippen LogP contribution in [0.2, 0.25) is 0 Å². The molecule has 0 radical (unpaired) electrons. The molecule has 3 nitrogen and oxygen atoms in total. The van der Waals surface area contributed by atoms with Crippen molar-refractivity contribution in [3.63, 3.8) is 0 Å². The zero-order valence-corrected chi connectivity index (χ0v) is 10.6. The molecule has 0 amide bonds. The largest absolute Gasteiger partial charge is 0.497 e. The number of nitrogens with two attached hydrogens (primary N) is 1. The van der Waals surface area contributed by atoms with Crippen molar-refractivity contribution in [3.8, 4) is 11.5 Å². The number of methoxy groups -OCH3 is 2. The van der Waals surface area contributed by atoms with Gasteiger partial charge in [0.15, 0.2) is 0 Å². The Hall–Kier alpha value is -2.16. The van der Waals surface area contributed by atoms with E-state index in [0.29, 0.717) is 0 Å². The Morgan fingerprint density at radius 3 is 2.28 bits per heavy atom. The third-order valence-corrected chi connectivity index (χ3v) is 2.87. The van der Waals surface area contributed by atoms with Crippen LogP contribution >= 0.6 is 0 Å². The van der Waals surface area contributed by atoms with Crippen LogP contribution < -0.4 is 15.2 Å². The van der Waals surface area contributed by atoms with Crippen molar-refractivity contribution in [2.75, 3.05) is 20.0 Å². The van der Waals surface area contributed by atoms with Crippen molar-refractivity contribution < 1.29 is 9.47 Å². The molecule has 0 saturated carbocycles. The first kappa shape index (κ1) is 12.3. The molecular weight excluding hydrogens is 226 g/mol. The predicted octanol–water partition coefficient (Wildman–Crippen LogP) is 2.88. The average molecular weight is 243 g/mol. The van der Waals surface area contributed by atoms with Crippen molar-refractivity contribution in [3.05, 3.63) is 53.6 Å². The number of nitrogen functional groups attached to an aromatic ring is 1. The zero-order valence-electron chi connectivity index (χ0n) is 10.6. The molecule has 0 fully saturated rings. The van der Waals surface area contributed by atoms with Gasteiger partial charge in [0.05, 0.1) is 14.2 Å². The fourth-order valence-corrected chi connectivity index (χ4v) is 1.85. The summed E-state index contributed by atoms with van der Waals surface area (Å²) in [4.78, 5) is 0. The van der Waals surface area contributed by atoms with E-state index in [9.17, 15) is 0 Å². The normalized spacial score (nSPS) is 10.1.